The molecular weight excluding hydrogens is 365 g/mol. The number of nitrogens with two attached hydrogens (primary N) is 1. The molecule has 1 heterocycles. The maximum Gasteiger partial charge on any atom is 0.0518 e. The van der Waals surface area contributed by atoms with E-state index in [1.54, 1.807) is 11.3 Å². The van der Waals surface area contributed by atoms with E-state index in [0.29, 0.717) is 16.0 Å². The minimum atomic E-state index is 0.159. The molecule has 0 amide bonds. The molecule has 0 saturated heterocycles. The lowest BCUT2D eigenvalue weighted by Crippen LogP contribution is -2.10. The zero-order valence-corrected chi connectivity index (χ0v) is 13.9. The molecule has 1 aliphatic carbocycles. The molecular formula is C14H12BrCl2NS. The zero-order chi connectivity index (χ0) is 13.6. The van der Waals surface area contributed by atoms with Crippen LogP contribution in [0, 0.1) is 5.92 Å². The standard InChI is InChI=1S/C14H12BrCl2NS/c15-8-5-9(16)13(10(17)6-8)11-3-4-12(19-11)14(18)7-1-2-7/h3-7,14H,1-2,18H2. The van der Waals surface area contributed by atoms with Crippen LogP contribution in [0.1, 0.15) is 23.8 Å². The predicted molar refractivity (Wildman–Crippen MR) is 87.1 cm³/mol. The van der Waals surface area contributed by atoms with Crippen molar-refractivity contribution in [3.63, 3.8) is 0 Å². The summed E-state index contributed by atoms with van der Waals surface area (Å²) in [4.78, 5) is 2.29. The van der Waals surface area contributed by atoms with Gasteiger partial charge in [-0.25, -0.2) is 0 Å². The van der Waals surface area contributed by atoms with E-state index in [1.807, 2.05) is 12.1 Å². The van der Waals surface area contributed by atoms with Crippen LogP contribution in [0.5, 0.6) is 0 Å². The Kier molecular flexibility index (Phi) is 3.93. The van der Waals surface area contributed by atoms with Gasteiger partial charge in [-0.15, -0.1) is 11.3 Å². The lowest BCUT2D eigenvalue weighted by Gasteiger charge is -2.07. The van der Waals surface area contributed by atoms with E-state index in [2.05, 4.69) is 28.1 Å². The summed E-state index contributed by atoms with van der Waals surface area (Å²) in [6, 6.07) is 8.04. The van der Waals surface area contributed by atoms with Crippen LogP contribution in [0.4, 0.5) is 0 Å². The normalized spacial score (nSPS) is 16.6. The van der Waals surface area contributed by atoms with E-state index in [-0.39, 0.29) is 6.04 Å². The SMILES string of the molecule is NC(c1ccc(-c2c(Cl)cc(Br)cc2Cl)s1)C1CC1. The minimum Gasteiger partial charge on any atom is -0.323 e. The lowest BCUT2D eigenvalue weighted by molar-refractivity contribution is 0.645. The topological polar surface area (TPSA) is 26.0 Å². The second kappa shape index (κ2) is 5.38. The van der Waals surface area contributed by atoms with Crippen LogP contribution in [0.25, 0.3) is 10.4 Å². The average molecular weight is 377 g/mol. The molecule has 1 unspecified atom stereocenters. The molecule has 0 aliphatic heterocycles. The quantitative estimate of drug-likeness (QED) is 0.709. The van der Waals surface area contributed by atoms with Crippen molar-refractivity contribution in [2.45, 2.75) is 18.9 Å². The third-order valence-corrected chi connectivity index (χ3v) is 5.60. The van der Waals surface area contributed by atoms with Crippen LogP contribution in [-0.2, 0) is 0 Å². The van der Waals surface area contributed by atoms with Gasteiger partial charge < -0.3 is 5.73 Å². The summed E-state index contributed by atoms with van der Waals surface area (Å²) in [5.74, 6) is 0.655. The first-order chi connectivity index (χ1) is 9.06. The first kappa shape index (κ1) is 13.9. The average Bonchev–Trinajstić information content (AvgIpc) is 3.07. The van der Waals surface area contributed by atoms with Gasteiger partial charge in [0.15, 0.2) is 0 Å². The van der Waals surface area contributed by atoms with Crippen molar-refractivity contribution >= 4 is 50.5 Å². The Morgan fingerprint density at radius 3 is 2.42 bits per heavy atom. The molecule has 0 spiro atoms. The highest BCUT2D eigenvalue weighted by Gasteiger charge is 2.30. The Hall–Kier alpha value is -0.0600. The van der Waals surface area contributed by atoms with Crippen molar-refractivity contribution in [1.82, 2.24) is 0 Å². The summed E-state index contributed by atoms with van der Waals surface area (Å²) in [6.07, 6.45) is 2.49. The Morgan fingerprint density at radius 1 is 1.21 bits per heavy atom. The van der Waals surface area contributed by atoms with Gasteiger partial charge in [0.25, 0.3) is 0 Å². The Labute approximate surface area is 134 Å². The fourth-order valence-corrected chi connectivity index (χ4v) is 4.83. The van der Waals surface area contributed by atoms with Gasteiger partial charge in [0.05, 0.1) is 10.0 Å². The van der Waals surface area contributed by atoms with E-state index in [9.17, 15) is 0 Å². The summed E-state index contributed by atoms with van der Waals surface area (Å²) in [6.45, 7) is 0. The zero-order valence-electron chi connectivity index (χ0n) is 10.00. The summed E-state index contributed by atoms with van der Waals surface area (Å²) in [5, 5.41) is 1.32. The lowest BCUT2D eigenvalue weighted by atomic mass is 10.1. The third-order valence-electron chi connectivity index (χ3n) is 3.34. The van der Waals surface area contributed by atoms with Crippen molar-refractivity contribution in [1.29, 1.82) is 0 Å². The molecule has 5 heteroatoms. The fourth-order valence-electron chi connectivity index (χ4n) is 2.13. The summed E-state index contributed by atoms with van der Waals surface area (Å²) >= 11 is 17.7. The molecule has 1 aromatic carbocycles. The maximum atomic E-state index is 6.29. The monoisotopic (exact) mass is 375 g/mol. The van der Waals surface area contributed by atoms with Crippen molar-refractivity contribution in [3.8, 4) is 10.4 Å². The van der Waals surface area contributed by atoms with E-state index in [0.717, 1.165) is 14.9 Å². The van der Waals surface area contributed by atoms with E-state index < -0.39 is 0 Å². The summed E-state index contributed by atoms with van der Waals surface area (Å²) in [5.41, 5.74) is 7.12. The molecule has 1 fully saturated rings. The van der Waals surface area contributed by atoms with Gasteiger partial charge in [-0.3, -0.25) is 0 Å². The highest BCUT2D eigenvalue weighted by molar-refractivity contribution is 9.10. The van der Waals surface area contributed by atoms with Crippen LogP contribution in [-0.4, -0.2) is 0 Å². The van der Waals surface area contributed by atoms with Crippen molar-refractivity contribution in [2.75, 3.05) is 0 Å². The van der Waals surface area contributed by atoms with Gasteiger partial charge in [-0.05, 0) is 43.0 Å². The molecule has 3 rings (SSSR count). The molecule has 1 nitrogen and oxygen atoms in total. The first-order valence-electron chi connectivity index (χ1n) is 6.06. The molecule has 2 aromatic rings. The van der Waals surface area contributed by atoms with Gasteiger partial charge in [-0.1, -0.05) is 39.1 Å². The van der Waals surface area contributed by atoms with Gasteiger partial charge >= 0.3 is 0 Å². The highest BCUT2D eigenvalue weighted by atomic mass is 79.9. The van der Waals surface area contributed by atoms with Gasteiger partial charge in [0.1, 0.15) is 0 Å². The summed E-state index contributed by atoms with van der Waals surface area (Å²) < 4.78 is 0.887. The van der Waals surface area contributed by atoms with Crippen molar-refractivity contribution < 1.29 is 0 Å². The smallest absolute Gasteiger partial charge is 0.0518 e. The number of thiophene rings is 1. The highest BCUT2D eigenvalue weighted by Crippen LogP contribution is 2.45. The van der Waals surface area contributed by atoms with Crippen LogP contribution in [0.15, 0.2) is 28.7 Å². The van der Waals surface area contributed by atoms with Crippen LogP contribution in [0.3, 0.4) is 0 Å². The minimum absolute atomic E-state index is 0.159. The fraction of sp³-hybridized carbons (Fsp3) is 0.286. The van der Waals surface area contributed by atoms with Crippen LogP contribution in [0.2, 0.25) is 10.0 Å². The molecule has 1 saturated carbocycles. The number of rotatable bonds is 3. The molecule has 1 aliphatic rings. The van der Waals surface area contributed by atoms with Crippen LogP contribution < -0.4 is 5.73 Å². The molecule has 100 valence electrons. The Balaban J connectivity index is 1.98. The number of benzene rings is 1. The van der Waals surface area contributed by atoms with E-state index in [1.165, 1.54) is 17.7 Å². The second-order valence-electron chi connectivity index (χ2n) is 4.81. The number of hydrogen-bond acceptors (Lipinski definition) is 2. The van der Waals surface area contributed by atoms with E-state index in [4.69, 9.17) is 28.9 Å². The van der Waals surface area contributed by atoms with Crippen LogP contribution >= 0.6 is 50.5 Å². The second-order valence-corrected chi connectivity index (χ2v) is 7.66. The van der Waals surface area contributed by atoms with Gasteiger partial charge in [-0.2, -0.15) is 0 Å². The molecule has 19 heavy (non-hydrogen) atoms. The number of halogens is 3. The summed E-state index contributed by atoms with van der Waals surface area (Å²) in [7, 11) is 0. The maximum absolute atomic E-state index is 6.29. The largest absolute Gasteiger partial charge is 0.323 e. The molecule has 0 bridgehead atoms. The van der Waals surface area contributed by atoms with Gasteiger partial charge in [0.2, 0.25) is 0 Å². The molecule has 1 atom stereocenters. The molecule has 2 N–H and O–H groups in total. The first-order valence-corrected chi connectivity index (χ1v) is 8.43. The van der Waals surface area contributed by atoms with Gasteiger partial charge in [0, 0.05) is 25.8 Å². The number of hydrogen-bond donors (Lipinski definition) is 1. The third kappa shape index (κ3) is 2.86. The molecule has 0 radical (unpaired) electrons. The van der Waals surface area contributed by atoms with Crippen molar-refractivity contribution in [2.24, 2.45) is 11.7 Å². The van der Waals surface area contributed by atoms with Crippen molar-refractivity contribution in [3.05, 3.63) is 43.7 Å². The Bertz CT molecular complexity index is 599. The predicted octanol–water partition coefficient (Wildman–Crippen LogP) is 5.89. The van der Waals surface area contributed by atoms with E-state index >= 15 is 0 Å². The molecule has 1 aromatic heterocycles. The Morgan fingerprint density at radius 2 is 1.84 bits per heavy atom.